The summed E-state index contributed by atoms with van der Waals surface area (Å²) in [6.07, 6.45) is -0.267. The molecule has 122 valence electrons. The van der Waals surface area contributed by atoms with Crippen molar-refractivity contribution in [3.05, 3.63) is 29.8 Å². The number of amides is 1. The van der Waals surface area contributed by atoms with E-state index in [0.29, 0.717) is 6.42 Å². The quantitative estimate of drug-likeness (QED) is 0.333. The van der Waals surface area contributed by atoms with Gasteiger partial charge in [-0.1, -0.05) is 17.3 Å². The van der Waals surface area contributed by atoms with E-state index in [-0.39, 0.29) is 5.84 Å². The van der Waals surface area contributed by atoms with Crippen molar-refractivity contribution in [2.24, 2.45) is 10.9 Å². The molecule has 0 spiro atoms. The van der Waals surface area contributed by atoms with E-state index in [9.17, 15) is 4.79 Å². The highest BCUT2D eigenvalue weighted by Crippen LogP contribution is 2.13. The van der Waals surface area contributed by atoms with Crippen molar-refractivity contribution in [1.29, 1.82) is 0 Å². The summed E-state index contributed by atoms with van der Waals surface area (Å²) in [6, 6.07) is 6.60. The Kier molecular flexibility index (Phi) is 6.03. The van der Waals surface area contributed by atoms with Gasteiger partial charge in [0.15, 0.2) is 5.84 Å². The third kappa shape index (κ3) is 5.90. The lowest BCUT2D eigenvalue weighted by molar-refractivity contribution is 0.0517. The molecule has 7 nitrogen and oxygen atoms in total. The topological polar surface area (TPSA) is 106 Å². The van der Waals surface area contributed by atoms with Gasteiger partial charge in [0.25, 0.3) is 0 Å². The van der Waals surface area contributed by atoms with E-state index < -0.39 is 17.7 Å². The van der Waals surface area contributed by atoms with Gasteiger partial charge in [0, 0.05) is 6.42 Å². The first-order valence-electron chi connectivity index (χ1n) is 6.85. The number of carbonyl (C=O) groups excluding carboxylic acids is 1. The van der Waals surface area contributed by atoms with Crippen molar-refractivity contribution in [1.82, 2.24) is 5.32 Å². The van der Waals surface area contributed by atoms with Gasteiger partial charge in [-0.05, 0) is 38.5 Å². The molecule has 1 aromatic rings. The number of benzene rings is 1. The molecule has 0 fully saturated rings. The Morgan fingerprint density at radius 3 is 2.41 bits per heavy atom. The van der Waals surface area contributed by atoms with Crippen molar-refractivity contribution >= 4 is 11.9 Å². The smallest absolute Gasteiger partial charge is 0.408 e. The van der Waals surface area contributed by atoms with Crippen molar-refractivity contribution in [2.75, 3.05) is 7.11 Å². The van der Waals surface area contributed by atoms with Crippen molar-refractivity contribution < 1.29 is 19.5 Å². The van der Waals surface area contributed by atoms with Crippen molar-refractivity contribution in [3.8, 4) is 5.75 Å². The number of hydrogen-bond acceptors (Lipinski definition) is 5. The monoisotopic (exact) mass is 309 g/mol. The van der Waals surface area contributed by atoms with Crippen LogP contribution in [0, 0.1) is 0 Å². The highest BCUT2D eigenvalue weighted by molar-refractivity contribution is 5.88. The highest BCUT2D eigenvalue weighted by Gasteiger charge is 2.22. The van der Waals surface area contributed by atoms with Crippen LogP contribution in [-0.2, 0) is 11.2 Å². The van der Waals surface area contributed by atoms with E-state index >= 15 is 0 Å². The molecule has 1 rings (SSSR count). The maximum atomic E-state index is 11.8. The Morgan fingerprint density at radius 2 is 1.95 bits per heavy atom. The first kappa shape index (κ1) is 17.6. The molecule has 22 heavy (non-hydrogen) atoms. The van der Waals surface area contributed by atoms with Gasteiger partial charge < -0.3 is 25.7 Å². The van der Waals surface area contributed by atoms with Crippen molar-refractivity contribution in [3.63, 3.8) is 0 Å². The van der Waals surface area contributed by atoms with E-state index in [1.807, 2.05) is 12.1 Å². The summed E-state index contributed by atoms with van der Waals surface area (Å²) >= 11 is 0. The summed E-state index contributed by atoms with van der Waals surface area (Å²) < 4.78 is 10.3. The first-order chi connectivity index (χ1) is 10.2. The summed E-state index contributed by atoms with van der Waals surface area (Å²) in [6.45, 7) is 5.28. The summed E-state index contributed by atoms with van der Waals surface area (Å²) in [5, 5.41) is 14.4. The van der Waals surface area contributed by atoms with Crippen LogP contribution in [0.5, 0.6) is 5.75 Å². The molecular weight excluding hydrogens is 286 g/mol. The second-order valence-electron chi connectivity index (χ2n) is 5.78. The molecule has 0 bridgehead atoms. The van der Waals surface area contributed by atoms with Gasteiger partial charge in [-0.3, -0.25) is 0 Å². The number of oxime groups is 1. The predicted molar refractivity (Wildman–Crippen MR) is 83.3 cm³/mol. The van der Waals surface area contributed by atoms with E-state index in [1.54, 1.807) is 40.0 Å². The van der Waals surface area contributed by atoms with E-state index in [4.69, 9.17) is 20.4 Å². The molecule has 0 saturated heterocycles. The Labute approximate surface area is 130 Å². The van der Waals surface area contributed by atoms with E-state index in [0.717, 1.165) is 11.3 Å². The molecule has 0 unspecified atom stereocenters. The molecule has 0 aliphatic heterocycles. The Hall–Kier alpha value is -2.44. The Morgan fingerprint density at radius 1 is 1.36 bits per heavy atom. The number of amidine groups is 1. The van der Waals surface area contributed by atoms with Crippen molar-refractivity contribution in [2.45, 2.75) is 38.8 Å². The second-order valence-corrected chi connectivity index (χ2v) is 5.78. The fourth-order valence-corrected chi connectivity index (χ4v) is 1.75. The standard InChI is InChI=1S/C15H23N3O4/c1-15(2,3)22-14(19)17-12(13(16)18-20)9-10-5-7-11(21-4)8-6-10/h5-8,12,20H,9H2,1-4H3,(H2,16,18)(H,17,19)/t12-/m0/s1. The lowest BCUT2D eigenvalue weighted by Crippen LogP contribution is -2.47. The van der Waals surface area contributed by atoms with Crippen LogP contribution in [0.15, 0.2) is 29.4 Å². The van der Waals surface area contributed by atoms with Gasteiger partial charge in [0.05, 0.1) is 13.2 Å². The van der Waals surface area contributed by atoms with Gasteiger partial charge >= 0.3 is 6.09 Å². The maximum absolute atomic E-state index is 11.8. The molecule has 0 aliphatic carbocycles. The van der Waals surface area contributed by atoms with E-state index in [2.05, 4.69) is 10.5 Å². The van der Waals surface area contributed by atoms with Crippen LogP contribution in [0.3, 0.4) is 0 Å². The maximum Gasteiger partial charge on any atom is 0.408 e. The average Bonchev–Trinajstić information content (AvgIpc) is 2.44. The minimum atomic E-state index is -0.673. The number of hydrogen-bond donors (Lipinski definition) is 3. The number of carbonyl (C=O) groups is 1. The second kappa shape index (κ2) is 7.53. The fourth-order valence-electron chi connectivity index (χ4n) is 1.75. The molecule has 1 aromatic carbocycles. The molecular formula is C15H23N3O4. The number of nitrogens with one attached hydrogen (secondary N) is 1. The molecule has 0 aromatic heterocycles. The van der Waals surface area contributed by atoms with Gasteiger partial charge in [0.2, 0.25) is 0 Å². The van der Waals surface area contributed by atoms with Gasteiger partial charge in [-0.2, -0.15) is 0 Å². The van der Waals surface area contributed by atoms with Crippen LogP contribution >= 0.6 is 0 Å². The normalized spacial score (nSPS) is 13.4. The number of ether oxygens (including phenoxy) is 2. The highest BCUT2D eigenvalue weighted by atomic mass is 16.6. The summed E-state index contributed by atoms with van der Waals surface area (Å²) in [5.74, 6) is 0.630. The molecule has 1 atom stereocenters. The predicted octanol–water partition coefficient (Wildman–Crippen LogP) is 1.88. The third-order valence-electron chi connectivity index (χ3n) is 2.76. The molecule has 1 amide bonds. The van der Waals surface area contributed by atoms with Crippen LogP contribution in [0.25, 0.3) is 0 Å². The molecule has 0 radical (unpaired) electrons. The Balaban J connectivity index is 2.78. The summed E-state index contributed by atoms with van der Waals surface area (Å²) in [7, 11) is 1.58. The average molecular weight is 309 g/mol. The zero-order chi connectivity index (χ0) is 16.8. The molecule has 4 N–H and O–H groups in total. The minimum absolute atomic E-state index is 0.0957. The lowest BCUT2D eigenvalue weighted by Gasteiger charge is -2.23. The number of rotatable bonds is 5. The number of nitrogens with two attached hydrogens (primary N) is 1. The Bertz CT molecular complexity index is 521. The molecule has 0 aliphatic rings. The van der Waals surface area contributed by atoms with Gasteiger partial charge in [-0.25, -0.2) is 4.79 Å². The summed E-state index contributed by atoms with van der Waals surface area (Å²) in [4.78, 5) is 11.8. The SMILES string of the molecule is COc1ccc(C[C@H](NC(=O)OC(C)(C)C)/C(N)=N/O)cc1. The molecule has 0 saturated carbocycles. The zero-order valence-corrected chi connectivity index (χ0v) is 13.3. The minimum Gasteiger partial charge on any atom is -0.497 e. The third-order valence-corrected chi connectivity index (χ3v) is 2.76. The van der Waals surface area contributed by atoms with Crippen LogP contribution in [0.4, 0.5) is 4.79 Å². The van der Waals surface area contributed by atoms with Crippen LogP contribution in [-0.4, -0.2) is 35.9 Å². The van der Waals surface area contributed by atoms with Gasteiger partial charge in [0.1, 0.15) is 11.4 Å². The molecule has 7 heteroatoms. The lowest BCUT2D eigenvalue weighted by atomic mass is 10.1. The first-order valence-corrected chi connectivity index (χ1v) is 6.85. The fraction of sp³-hybridized carbons (Fsp3) is 0.467. The number of alkyl carbamates (subject to hydrolysis) is 1. The number of nitrogens with zero attached hydrogens (tertiary/aromatic N) is 1. The van der Waals surface area contributed by atoms with E-state index in [1.165, 1.54) is 0 Å². The number of methoxy groups -OCH3 is 1. The van der Waals surface area contributed by atoms with Crippen LogP contribution in [0.1, 0.15) is 26.3 Å². The summed E-state index contributed by atoms with van der Waals surface area (Å²) in [5.41, 5.74) is 5.91. The zero-order valence-electron chi connectivity index (χ0n) is 13.3. The van der Waals surface area contributed by atoms with Crippen LogP contribution in [0.2, 0.25) is 0 Å². The largest absolute Gasteiger partial charge is 0.497 e. The molecule has 0 heterocycles. The van der Waals surface area contributed by atoms with Crippen LogP contribution < -0.4 is 15.8 Å². The van der Waals surface area contributed by atoms with Gasteiger partial charge in [-0.15, -0.1) is 0 Å².